The van der Waals surface area contributed by atoms with Crippen molar-refractivity contribution in [2.75, 3.05) is 13.1 Å². The lowest BCUT2D eigenvalue weighted by Crippen LogP contribution is -2.44. The first-order chi connectivity index (χ1) is 11.2. The molecule has 0 spiro atoms. The molecule has 4 rings (SSSR count). The second-order valence-corrected chi connectivity index (χ2v) is 7.50. The number of rotatable bonds is 2. The van der Waals surface area contributed by atoms with Gasteiger partial charge in [0.2, 0.25) is 0 Å². The number of imidazole rings is 1. The molecule has 23 heavy (non-hydrogen) atoms. The SMILES string of the molecule is C[C@H]1CC[C@@H](N2CCC(n3c(=O)[nH]c4ccccc43)CC2)CC1. The van der Waals surface area contributed by atoms with E-state index in [0.29, 0.717) is 6.04 Å². The van der Waals surface area contributed by atoms with Gasteiger partial charge in [-0.05, 0) is 56.6 Å². The molecule has 1 aliphatic heterocycles. The predicted octanol–water partition coefficient (Wildman–Crippen LogP) is 3.55. The van der Waals surface area contributed by atoms with Crippen LogP contribution in [0.4, 0.5) is 0 Å². The molecule has 4 heteroatoms. The topological polar surface area (TPSA) is 41.0 Å². The number of nitrogens with one attached hydrogen (secondary N) is 1. The maximum absolute atomic E-state index is 12.4. The number of aromatic nitrogens is 2. The fourth-order valence-electron chi connectivity index (χ4n) is 4.55. The second-order valence-electron chi connectivity index (χ2n) is 7.50. The van der Waals surface area contributed by atoms with Gasteiger partial charge in [0.15, 0.2) is 0 Å². The molecule has 124 valence electrons. The van der Waals surface area contributed by atoms with E-state index in [1.165, 1.54) is 25.7 Å². The van der Waals surface area contributed by atoms with E-state index in [1.807, 2.05) is 22.8 Å². The van der Waals surface area contributed by atoms with Gasteiger partial charge in [0, 0.05) is 25.2 Å². The standard InChI is InChI=1S/C19H27N3O/c1-14-6-8-15(9-7-14)21-12-10-16(11-13-21)22-18-5-3-2-4-17(18)20-19(22)23/h2-5,14-16H,6-13H2,1H3,(H,20,23)/t14-,15+. The van der Waals surface area contributed by atoms with Gasteiger partial charge in [-0.25, -0.2) is 4.79 Å². The van der Waals surface area contributed by atoms with Gasteiger partial charge in [0.1, 0.15) is 0 Å². The van der Waals surface area contributed by atoms with Crippen LogP contribution >= 0.6 is 0 Å². The molecule has 0 radical (unpaired) electrons. The highest BCUT2D eigenvalue weighted by Gasteiger charge is 2.29. The first-order valence-corrected chi connectivity index (χ1v) is 9.15. The van der Waals surface area contributed by atoms with Crippen LogP contribution in [-0.4, -0.2) is 33.6 Å². The van der Waals surface area contributed by atoms with Crippen molar-refractivity contribution in [1.29, 1.82) is 0 Å². The summed E-state index contributed by atoms with van der Waals surface area (Å²) >= 11 is 0. The molecule has 0 bridgehead atoms. The van der Waals surface area contributed by atoms with Gasteiger partial charge in [0.25, 0.3) is 0 Å². The number of hydrogen-bond acceptors (Lipinski definition) is 2. The van der Waals surface area contributed by atoms with Crippen LogP contribution < -0.4 is 5.69 Å². The van der Waals surface area contributed by atoms with Gasteiger partial charge in [-0.3, -0.25) is 4.57 Å². The number of nitrogens with zero attached hydrogens (tertiary/aromatic N) is 2. The summed E-state index contributed by atoms with van der Waals surface area (Å²) < 4.78 is 2.00. The zero-order valence-corrected chi connectivity index (χ0v) is 14.0. The molecule has 1 aliphatic carbocycles. The number of hydrogen-bond donors (Lipinski definition) is 1. The number of para-hydroxylation sites is 2. The summed E-state index contributed by atoms with van der Waals surface area (Å²) in [5.41, 5.74) is 2.07. The van der Waals surface area contributed by atoms with Crippen molar-refractivity contribution >= 4 is 11.0 Å². The fraction of sp³-hybridized carbons (Fsp3) is 0.632. The Balaban J connectivity index is 1.47. The number of piperidine rings is 1. The Morgan fingerprint density at radius 3 is 2.39 bits per heavy atom. The molecule has 2 heterocycles. The summed E-state index contributed by atoms with van der Waals surface area (Å²) in [6, 6.07) is 9.18. The quantitative estimate of drug-likeness (QED) is 0.921. The monoisotopic (exact) mass is 313 g/mol. The van der Waals surface area contributed by atoms with Crippen molar-refractivity contribution in [3.05, 3.63) is 34.7 Å². The number of likely N-dealkylation sites (tertiary alicyclic amines) is 1. The molecule has 2 fully saturated rings. The van der Waals surface area contributed by atoms with E-state index in [-0.39, 0.29) is 5.69 Å². The highest BCUT2D eigenvalue weighted by atomic mass is 16.1. The van der Waals surface area contributed by atoms with Crippen LogP contribution in [0.3, 0.4) is 0 Å². The molecule has 2 aliphatic rings. The van der Waals surface area contributed by atoms with Gasteiger partial charge < -0.3 is 9.88 Å². The molecule has 0 atom stereocenters. The Morgan fingerprint density at radius 2 is 1.65 bits per heavy atom. The van der Waals surface area contributed by atoms with Gasteiger partial charge >= 0.3 is 5.69 Å². The van der Waals surface area contributed by atoms with Crippen molar-refractivity contribution in [2.24, 2.45) is 5.92 Å². The number of aromatic amines is 1. The smallest absolute Gasteiger partial charge is 0.306 e. The van der Waals surface area contributed by atoms with Crippen LogP contribution in [0, 0.1) is 5.92 Å². The third-order valence-electron chi connectivity index (χ3n) is 5.99. The minimum atomic E-state index is 0.0520. The highest BCUT2D eigenvalue weighted by molar-refractivity contribution is 5.75. The van der Waals surface area contributed by atoms with E-state index in [1.54, 1.807) is 0 Å². The van der Waals surface area contributed by atoms with Gasteiger partial charge in [0.05, 0.1) is 11.0 Å². The van der Waals surface area contributed by atoms with Crippen LogP contribution in [0.15, 0.2) is 29.1 Å². The Bertz CT molecular complexity index is 716. The lowest BCUT2D eigenvalue weighted by atomic mass is 9.85. The molecular weight excluding hydrogens is 286 g/mol. The van der Waals surface area contributed by atoms with Crippen LogP contribution in [0.2, 0.25) is 0 Å². The van der Waals surface area contributed by atoms with Crippen LogP contribution in [0.25, 0.3) is 11.0 Å². The zero-order chi connectivity index (χ0) is 15.8. The Morgan fingerprint density at radius 1 is 0.957 bits per heavy atom. The van der Waals surface area contributed by atoms with Gasteiger partial charge in [-0.15, -0.1) is 0 Å². The summed E-state index contributed by atoms with van der Waals surface area (Å²) in [7, 11) is 0. The summed E-state index contributed by atoms with van der Waals surface area (Å²) in [5.74, 6) is 0.911. The summed E-state index contributed by atoms with van der Waals surface area (Å²) in [6.07, 6.45) is 7.67. The predicted molar refractivity (Wildman–Crippen MR) is 93.8 cm³/mol. The van der Waals surface area contributed by atoms with Crippen molar-refractivity contribution in [3.63, 3.8) is 0 Å². The van der Waals surface area contributed by atoms with Crippen LogP contribution in [0.1, 0.15) is 51.5 Å². The molecule has 1 aromatic heterocycles. The van der Waals surface area contributed by atoms with Crippen molar-refractivity contribution in [3.8, 4) is 0 Å². The highest BCUT2D eigenvalue weighted by Crippen LogP contribution is 2.31. The molecular formula is C19H27N3O. The maximum Gasteiger partial charge on any atom is 0.326 e. The zero-order valence-electron chi connectivity index (χ0n) is 14.0. The first kappa shape index (κ1) is 15.0. The number of fused-ring (bicyclic) bond motifs is 1. The first-order valence-electron chi connectivity index (χ1n) is 9.15. The Hall–Kier alpha value is -1.55. The summed E-state index contributed by atoms with van der Waals surface area (Å²) in [4.78, 5) is 18.0. The molecule has 2 aromatic rings. The number of benzene rings is 1. The molecule has 0 unspecified atom stereocenters. The van der Waals surface area contributed by atoms with Gasteiger partial charge in [-0.1, -0.05) is 19.1 Å². The maximum atomic E-state index is 12.4. The summed E-state index contributed by atoms with van der Waals surface area (Å²) in [6.45, 7) is 4.65. The van der Waals surface area contributed by atoms with E-state index < -0.39 is 0 Å². The molecule has 1 aromatic carbocycles. The van der Waals surface area contributed by atoms with Crippen LogP contribution in [0.5, 0.6) is 0 Å². The third-order valence-corrected chi connectivity index (χ3v) is 5.99. The van der Waals surface area contributed by atoms with Crippen molar-refractivity contribution in [2.45, 2.75) is 57.5 Å². The molecule has 0 amide bonds. The van der Waals surface area contributed by atoms with E-state index in [4.69, 9.17) is 0 Å². The largest absolute Gasteiger partial charge is 0.326 e. The summed E-state index contributed by atoms with van der Waals surface area (Å²) in [5, 5.41) is 0. The third kappa shape index (κ3) is 2.85. The van der Waals surface area contributed by atoms with E-state index >= 15 is 0 Å². The average Bonchev–Trinajstić information content (AvgIpc) is 2.91. The second kappa shape index (κ2) is 6.16. The lowest BCUT2D eigenvalue weighted by Gasteiger charge is -2.40. The van der Waals surface area contributed by atoms with Gasteiger partial charge in [-0.2, -0.15) is 0 Å². The van der Waals surface area contributed by atoms with Crippen LogP contribution in [-0.2, 0) is 0 Å². The molecule has 1 N–H and O–H groups in total. The minimum absolute atomic E-state index is 0.0520. The Labute approximate surface area is 137 Å². The van der Waals surface area contributed by atoms with Crippen molar-refractivity contribution in [1.82, 2.24) is 14.5 Å². The molecule has 1 saturated heterocycles. The molecule has 1 saturated carbocycles. The van der Waals surface area contributed by atoms with E-state index in [0.717, 1.165) is 48.9 Å². The normalized spacial score (nSPS) is 27.5. The minimum Gasteiger partial charge on any atom is -0.306 e. The number of H-pyrrole nitrogens is 1. The lowest BCUT2D eigenvalue weighted by molar-refractivity contribution is 0.0989. The average molecular weight is 313 g/mol. The Kier molecular flexibility index (Phi) is 4.02. The fourth-order valence-corrected chi connectivity index (χ4v) is 4.55. The van der Waals surface area contributed by atoms with E-state index in [9.17, 15) is 4.79 Å². The van der Waals surface area contributed by atoms with Crippen molar-refractivity contribution < 1.29 is 0 Å². The molecule has 4 nitrogen and oxygen atoms in total. The van der Waals surface area contributed by atoms with E-state index in [2.05, 4.69) is 22.9 Å².